The summed E-state index contributed by atoms with van der Waals surface area (Å²) in [4.78, 5) is 51.6. The second kappa shape index (κ2) is 7.76. The third-order valence-corrected chi connectivity index (χ3v) is 9.70. The van der Waals surface area contributed by atoms with Crippen molar-refractivity contribution in [2.24, 2.45) is 29.1 Å². The normalized spacial score (nSPS) is 46.7. The number of epoxide rings is 1. The molecule has 4 fully saturated rings. The standard InChI is InChI=1S/C28H36O9/c1-9-12(2)24(33)35-20-18-21(25(18,7)8)28(36-16(6)30)14(4)22(32)26-10-13(3)23(34-15(5)29)27(26,37-26)11-17(28)19(20)31/h9,11,13-14,18-21,23,31H,10H2,1-8H3/b12-9+/t13?,14-,18?,19-,20-,21?,23+,26+,27+,28+/m1/s1. The minimum absolute atomic E-state index is 0.177. The van der Waals surface area contributed by atoms with Crippen LogP contribution < -0.4 is 0 Å². The lowest BCUT2D eigenvalue weighted by molar-refractivity contribution is -0.178. The number of allylic oxidation sites excluding steroid dienone is 1. The van der Waals surface area contributed by atoms with E-state index in [1.54, 1.807) is 32.9 Å². The van der Waals surface area contributed by atoms with Gasteiger partial charge in [-0.05, 0) is 37.7 Å². The quantitative estimate of drug-likeness (QED) is 0.197. The molecule has 37 heavy (non-hydrogen) atoms. The summed E-state index contributed by atoms with van der Waals surface area (Å²) < 4.78 is 23.8. The van der Waals surface area contributed by atoms with E-state index in [1.807, 2.05) is 20.8 Å². The molecule has 0 bridgehead atoms. The summed E-state index contributed by atoms with van der Waals surface area (Å²) in [6.45, 7) is 13.5. The van der Waals surface area contributed by atoms with Gasteiger partial charge in [0, 0.05) is 36.8 Å². The molecule has 5 aliphatic rings. The number of ketones is 1. The van der Waals surface area contributed by atoms with Gasteiger partial charge in [-0.15, -0.1) is 0 Å². The molecule has 5 rings (SSSR count). The molecule has 3 unspecified atom stereocenters. The Hall–Kier alpha value is -2.52. The van der Waals surface area contributed by atoms with Crippen LogP contribution in [0.4, 0.5) is 0 Å². The van der Waals surface area contributed by atoms with Crippen molar-refractivity contribution in [2.75, 3.05) is 0 Å². The Morgan fingerprint density at radius 1 is 1.11 bits per heavy atom. The van der Waals surface area contributed by atoms with E-state index in [0.717, 1.165) is 0 Å². The van der Waals surface area contributed by atoms with Crippen LogP contribution in [0, 0.1) is 29.1 Å². The van der Waals surface area contributed by atoms with Crippen LogP contribution in [0.2, 0.25) is 0 Å². The van der Waals surface area contributed by atoms with Crippen LogP contribution in [-0.4, -0.2) is 63.9 Å². The van der Waals surface area contributed by atoms with Crippen LogP contribution in [-0.2, 0) is 38.1 Å². The number of hydrogen-bond donors (Lipinski definition) is 1. The van der Waals surface area contributed by atoms with Crippen LogP contribution in [0.15, 0.2) is 23.3 Å². The van der Waals surface area contributed by atoms with E-state index < -0.39 is 70.3 Å². The average Bonchev–Trinajstić information content (AvgIpc) is 3.61. The fourth-order valence-electron chi connectivity index (χ4n) is 8.00. The molecule has 3 saturated carbocycles. The third kappa shape index (κ3) is 3.10. The van der Waals surface area contributed by atoms with Gasteiger partial charge in [-0.25, -0.2) is 4.79 Å². The molecule has 0 radical (unpaired) electrons. The maximum Gasteiger partial charge on any atom is 0.333 e. The van der Waals surface area contributed by atoms with Gasteiger partial charge in [-0.2, -0.15) is 0 Å². The molecule has 4 aliphatic carbocycles. The van der Waals surface area contributed by atoms with Gasteiger partial charge in [0.15, 0.2) is 17.0 Å². The van der Waals surface area contributed by atoms with E-state index in [0.29, 0.717) is 12.0 Å². The van der Waals surface area contributed by atoms with Gasteiger partial charge in [-0.1, -0.05) is 33.8 Å². The summed E-state index contributed by atoms with van der Waals surface area (Å²) in [5, 5.41) is 11.9. The fourth-order valence-corrected chi connectivity index (χ4v) is 8.00. The molecule has 1 saturated heterocycles. The summed E-state index contributed by atoms with van der Waals surface area (Å²) in [6, 6.07) is 0. The van der Waals surface area contributed by atoms with Crippen LogP contribution in [0.1, 0.15) is 61.8 Å². The van der Waals surface area contributed by atoms with Crippen LogP contribution >= 0.6 is 0 Å². The Labute approximate surface area is 216 Å². The first kappa shape index (κ1) is 26.1. The van der Waals surface area contributed by atoms with Gasteiger partial charge in [0.2, 0.25) is 0 Å². The van der Waals surface area contributed by atoms with Gasteiger partial charge >= 0.3 is 17.9 Å². The van der Waals surface area contributed by atoms with E-state index in [9.17, 15) is 24.3 Å². The van der Waals surface area contributed by atoms with Gasteiger partial charge in [0.1, 0.15) is 23.9 Å². The molecule has 9 nitrogen and oxygen atoms in total. The maximum absolute atomic E-state index is 14.2. The first-order valence-corrected chi connectivity index (χ1v) is 13.0. The molecule has 1 N–H and O–H groups in total. The van der Waals surface area contributed by atoms with E-state index in [-0.39, 0.29) is 23.2 Å². The minimum atomic E-state index is -1.45. The Morgan fingerprint density at radius 3 is 2.32 bits per heavy atom. The Balaban J connectivity index is 1.71. The highest BCUT2D eigenvalue weighted by atomic mass is 16.7. The van der Waals surface area contributed by atoms with Crippen molar-refractivity contribution in [1.82, 2.24) is 0 Å². The van der Waals surface area contributed by atoms with Gasteiger partial charge in [0.05, 0.1) is 5.92 Å². The van der Waals surface area contributed by atoms with Crippen molar-refractivity contribution in [3.63, 3.8) is 0 Å². The number of esters is 3. The number of ether oxygens (including phenoxy) is 4. The zero-order valence-corrected chi connectivity index (χ0v) is 22.6. The van der Waals surface area contributed by atoms with Crippen molar-refractivity contribution in [3.05, 3.63) is 23.3 Å². The summed E-state index contributed by atoms with van der Waals surface area (Å²) in [7, 11) is 0. The maximum atomic E-state index is 14.2. The molecule has 0 amide bonds. The number of rotatable bonds is 4. The predicted molar refractivity (Wildman–Crippen MR) is 129 cm³/mol. The monoisotopic (exact) mass is 516 g/mol. The Morgan fingerprint density at radius 2 is 1.76 bits per heavy atom. The van der Waals surface area contributed by atoms with Crippen molar-refractivity contribution < 1.29 is 43.2 Å². The first-order chi connectivity index (χ1) is 17.1. The van der Waals surface area contributed by atoms with E-state index in [4.69, 9.17) is 18.9 Å². The molecular formula is C28H36O9. The summed E-state index contributed by atoms with van der Waals surface area (Å²) in [5.41, 5.74) is -3.82. The number of aliphatic hydroxyl groups is 1. The molecular weight excluding hydrogens is 480 g/mol. The molecule has 0 aromatic heterocycles. The molecule has 1 aliphatic heterocycles. The van der Waals surface area contributed by atoms with Crippen LogP contribution in [0.25, 0.3) is 0 Å². The smallest absolute Gasteiger partial charge is 0.333 e. The third-order valence-electron chi connectivity index (χ3n) is 9.70. The van der Waals surface area contributed by atoms with Crippen LogP contribution in [0.5, 0.6) is 0 Å². The second-order valence-corrected chi connectivity index (χ2v) is 12.1. The minimum Gasteiger partial charge on any atom is -0.459 e. The number of fused-ring (bicyclic) bond motifs is 3. The lowest BCUT2D eigenvalue weighted by atomic mass is 9.67. The second-order valence-electron chi connectivity index (χ2n) is 12.1. The van der Waals surface area contributed by atoms with Gasteiger partial charge in [0.25, 0.3) is 0 Å². The summed E-state index contributed by atoms with van der Waals surface area (Å²) in [6.07, 6.45) is 0.581. The fraction of sp³-hybridized carbons (Fsp3) is 0.714. The van der Waals surface area contributed by atoms with E-state index >= 15 is 0 Å². The lowest BCUT2D eigenvalue weighted by Crippen LogP contribution is -2.58. The van der Waals surface area contributed by atoms with E-state index in [2.05, 4.69) is 0 Å². The Bertz CT molecular complexity index is 1170. The highest BCUT2D eigenvalue weighted by molar-refractivity contribution is 5.98. The zero-order valence-electron chi connectivity index (χ0n) is 22.6. The molecule has 9 heteroatoms. The lowest BCUT2D eigenvalue weighted by Gasteiger charge is -2.46. The topological polar surface area (TPSA) is 129 Å². The zero-order chi connectivity index (χ0) is 27.5. The molecule has 10 atom stereocenters. The van der Waals surface area contributed by atoms with Crippen molar-refractivity contribution in [2.45, 2.75) is 96.9 Å². The van der Waals surface area contributed by atoms with Gasteiger partial charge in [-0.3, -0.25) is 14.4 Å². The highest BCUT2D eigenvalue weighted by Crippen LogP contribution is 2.76. The summed E-state index contributed by atoms with van der Waals surface area (Å²) >= 11 is 0. The number of carbonyl (C=O) groups is 4. The molecule has 0 spiro atoms. The Kier molecular flexibility index (Phi) is 5.47. The summed E-state index contributed by atoms with van der Waals surface area (Å²) in [5.74, 6) is -3.65. The number of hydrogen-bond acceptors (Lipinski definition) is 9. The van der Waals surface area contributed by atoms with Gasteiger partial charge < -0.3 is 24.1 Å². The largest absolute Gasteiger partial charge is 0.459 e. The van der Waals surface area contributed by atoms with E-state index in [1.165, 1.54) is 13.8 Å². The number of aliphatic hydroxyl groups excluding tert-OH is 1. The first-order valence-electron chi connectivity index (χ1n) is 13.0. The van der Waals surface area contributed by atoms with Crippen molar-refractivity contribution in [1.29, 1.82) is 0 Å². The number of Topliss-reactive ketones (excluding diaryl/α,β-unsaturated/α-hetero) is 1. The average molecular weight is 517 g/mol. The molecule has 0 aromatic rings. The van der Waals surface area contributed by atoms with Crippen molar-refractivity contribution >= 4 is 23.7 Å². The predicted octanol–water partition coefficient (Wildman–Crippen LogP) is 2.44. The SMILES string of the molecule is C/C=C(\C)C(=O)O[C@@H]1C2C(C2(C)C)[C@@]2(OC(C)=O)C(=C[C@@]34O[C@@]3(CC(C)[C@@H]4OC(C)=O)C(=O)[C@H]2C)[C@H]1O. The van der Waals surface area contributed by atoms with Crippen molar-refractivity contribution in [3.8, 4) is 0 Å². The highest BCUT2D eigenvalue weighted by Gasteiger charge is 2.88. The molecule has 202 valence electrons. The number of carbonyl (C=O) groups excluding carboxylic acids is 4. The molecule has 0 aromatic carbocycles. The van der Waals surface area contributed by atoms with Crippen LogP contribution in [0.3, 0.4) is 0 Å². The molecule has 1 heterocycles.